The number of halogens is 1. The molecule has 0 aliphatic heterocycles. The molecule has 1 saturated carbocycles. The highest BCUT2D eigenvalue weighted by molar-refractivity contribution is 9.10. The van der Waals surface area contributed by atoms with E-state index < -0.39 is 0 Å². The summed E-state index contributed by atoms with van der Waals surface area (Å²) in [6.07, 6.45) is 2.39. The Morgan fingerprint density at radius 1 is 1.10 bits per heavy atom. The van der Waals surface area contributed by atoms with E-state index in [4.69, 9.17) is 0 Å². The molecule has 0 spiro atoms. The largest absolute Gasteiger partial charge is 0.307 e. The second-order valence-electron chi connectivity index (χ2n) is 5.54. The molecule has 2 aromatic carbocycles. The molecule has 3 unspecified atom stereocenters. The second-order valence-corrected chi connectivity index (χ2v) is 6.45. The van der Waals surface area contributed by atoms with Crippen molar-refractivity contribution >= 4 is 15.9 Å². The molecule has 1 N–H and O–H groups in total. The van der Waals surface area contributed by atoms with Crippen LogP contribution in [0.15, 0.2) is 59.1 Å². The fraction of sp³-hybridized carbons (Fsp3) is 0.333. The van der Waals surface area contributed by atoms with Crippen molar-refractivity contribution in [2.75, 3.05) is 0 Å². The molecule has 0 aromatic heterocycles. The van der Waals surface area contributed by atoms with Gasteiger partial charge in [0.2, 0.25) is 0 Å². The Morgan fingerprint density at radius 2 is 1.80 bits per heavy atom. The number of rotatable bonds is 5. The van der Waals surface area contributed by atoms with Gasteiger partial charge in [-0.15, -0.1) is 0 Å². The van der Waals surface area contributed by atoms with Crippen molar-refractivity contribution in [2.24, 2.45) is 0 Å². The summed E-state index contributed by atoms with van der Waals surface area (Å²) in [5.74, 6) is 0.695. The van der Waals surface area contributed by atoms with Crippen molar-refractivity contribution in [3.8, 4) is 0 Å². The zero-order valence-electron chi connectivity index (χ0n) is 11.7. The molecule has 2 heteroatoms. The lowest BCUT2D eigenvalue weighted by Crippen LogP contribution is -2.24. The Bertz CT molecular complexity index is 549. The molecule has 0 radical (unpaired) electrons. The number of hydrogen-bond acceptors (Lipinski definition) is 1. The third-order valence-electron chi connectivity index (χ3n) is 4.11. The number of nitrogens with one attached hydrogen (secondary N) is 1. The minimum atomic E-state index is 0.460. The first-order valence-electron chi connectivity index (χ1n) is 7.34. The predicted molar refractivity (Wildman–Crippen MR) is 87.9 cm³/mol. The maximum absolute atomic E-state index is 3.81. The van der Waals surface area contributed by atoms with E-state index in [1.165, 1.54) is 17.5 Å². The standard InChI is InChI=1S/C18H20BrN/c1-2-17(14-8-10-15(19)11-9-14)20-18-12-16(18)13-6-4-3-5-7-13/h3-11,16-18,20H,2,12H2,1H3. The van der Waals surface area contributed by atoms with Crippen LogP contribution >= 0.6 is 15.9 Å². The van der Waals surface area contributed by atoms with Gasteiger partial charge in [-0.1, -0.05) is 65.3 Å². The van der Waals surface area contributed by atoms with Gasteiger partial charge in [0.15, 0.2) is 0 Å². The average molecular weight is 330 g/mol. The van der Waals surface area contributed by atoms with Crippen LogP contribution in [0.2, 0.25) is 0 Å². The van der Waals surface area contributed by atoms with Crippen molar-refractivity contribution < 1.29 is 0 Å². The van der Waals surface area contributed by atoms with Gasteiger partial charge in [-0.05, 0) is 36.1 Å². The minimum absolute atomic E-state index is 0.460. The summed E-state index contributed by atoms with van der Waals surface area (Å²) in [6, 6.07) is 20.6. The van der Waals surface area contributed by atoms with Crippen molar-refractivity contribution in [2.45, 2.75) is 37.8 Å². The highest BCUT2D eigenvalue weighted by Gasteiger charge is 2.39. The van der Waals surface area contributed by atoms with Crippen LogP contribution < -0.4 is 5.32 Å². The van der Waals surface area contributed by atoms with Gasteiger partial charge in [0, 0.05) is 22.5 Å². The molecule has 3 atom stereocenters. The summed E-state index contributed by atoms with van der Waals surface area (Å²) in [4.78, 5) is 0. The summed E-state index contributed by atoms with van der Waals surface area (Å²) in [7, 11) is 0. The first-order valence-corrected chi connectivity index (χ1v) is 8.13. The van der Waals surface area contributed by atoms with Crippen LogP contribution in [0.4, 0.5) is 0 Å². The zero-order valence-corrected chi connectivity index (χ0v) is 13.3. The van der Waals surface area contributed by atoms with Gasteiger partial charge in [0.25, 0.3) is 0 Å². The molecule has 20 heavy (non-hydrogen) atoms. The first kappa shape index (κ1) is 13.8. The molecule has 1 aliphatic carbocycles. The van der Waals surface area contributed by atoms with E-state index in [1.807, 2.05) is 0 Å². The van der Waals surface area contributed by atoms with E-state index in [0.717, 1.165) is 10.9 Å². The number of hydrogen-bond donors (Lipinski definition) is 1. The third kappa shape index (κ3) is 3.13. The first-order chi connectivity index (χ1) is 9.78. The highest BCUT2D eigenvalue weighted by atomic mass is 79.9. The maximum atomic E-state index is 3.81. The molecule has 1 aliphatic rings. The molecule has 0 heterocycles. The van der Waals surface area contributed by atoms with Crippen LogP contribution in [-0.2, 0) is 0 Å². The van der Waals surface area contributed by atoms with Gasteiger partial charge in [-0.25, -0.2) is 0 Å². The molecular formula is C18H20BrN. The SMILES string of the molecule is CCC(NC1CC1c1ccccc1)c1ccc(Br)cc1. The summed E-state index contributed by atoms with van der Waals surface area (Å²) in [5.41, 5.74) is 2.85. The van der Waals surface area contributed by atoms with Crippen LogP contribution in [-0.4, -0.2) is 6.04 Å². The second kappa shape index (κ2) is 6.11. The van der Waals surface area contributed by atoms with Gasteiger partial charge >= 0.3 is 0 Å². The van der Waals surface area contributed by atoms with Crippen LogP contribution in [0.25, 0.3) is 0 Å². The van der Waals surface area contributed by atoms with Gasteiger partial charge in [-0.2, -0.15) is 0 Å². The molecular weight excluding hydrogens is 310 g/mol. The Labute approximate surface area is 129 Å². The van der Waals surface area contributed by atoms with Crippen LogP contribution in [0, 0.1) is 0 Å². The molecule has 104 valence electrons. The van der Waals surface area contributed by atoms with Crippen LogP contribution in [0.1, 0.15) is 42.9 Å². The topological polar surface area (TPSA) is 12.0 Å². The molecule has 0 amide bonds. The molecule has 2 aromatic rings. The quantitative estimate of drug-likeness (QED) is 0.809. The van der Waals surface area contributed by atoms with Crippen molar-refractivity contribution in [1.29, 1.82) is 0 Å². The molecule has 3 rings (SSSR count). The Balaban J connectivity index is 1.64. The monoisotopic (exact) mass is 329 g/mol. The third-order valence-corrected chi connectivity index (χ3v) is 4.64. The summed E-state index contributed by atoms with van der Waals surface area (Å²) < 4.78 is 1.14. The lowest BCUT2D eigenvalue weighted by atomic mass is 10.0. The maximum Gasteiger partial charge on any atom is 0.0320 e. The Morgan fingerprint density at radius 3 is 2.45 bits per heavy atom. The number of benzene rings is 2. The smallest absolute Gasteiger partial charge is 0.0320 e. The van der Waals surface area contributed by atoms with Gasteiger partial charge in [0.1, 0.15) is 0 Å². The van der Waals surface area contributed by atoms with Gasteiger partial charge in [-0.3, -0.25) is 0 Å². The normalized spacial score (nSPS) is 22.5. The van der Waals surface area contributed by atoms with E-state index in [9.17, 15) is 0 Å². The van der Waals surface area contributed by atoms with E-state index in [0.29, 0.717) is 18.0 Å². The van der Waals surface area contributed by atoms with E-state index in [-0.39, 0.29) is 0 Å². The van der Waals surface area contributed by atoms with Crippen molar-refractivity contribution in [3.63, 3.8) is 0 Å². The predicted octanol–water partition coefficient (Wildman–Crippen LogP) is 5.05. The molecule has 1 nitrogen and oxygen atoms in total. The fourth-order valence-corrected chi connectivity index (χ4v) is 3.12. The van der Waals surface area contributed by atoms with E-state index >= 15 is 0 Å². The molecule has 1 fully saturated rings. The fourth-order valence-electron chi connectivity index (χ4n) is 2.85. The van der Waals surface area contributed by atoms with Crippen molar-refractivity contribution in [1.82, 2.24) is 5.32 Å². The lowest BCUT2D eigenvalue weighted by molar-refractivity contribution is 0.510. The average Bonchev–Trinajstić information content (AvgIpc) is 3.26. The van der Waals surface area contributed by atoms with Crippen molar-refractivity contribution in [3.05, 3.63) is 70.2 Å². The Hall–Kier alpha value is -1.12. The van der Waals surface area contributed by atoms with Gasteiger partial charge < -0.3 is 5.32 Å². The summed E-state index contributed by atoms with van der Waals surface area (Å²) >= 11 is 3.50. The van der Waals surface area contributed by atoms with Gasteiger partial charge in [0.05, 0.1) is 0 Å². The molecule has 0 saturated heterocycles. The summed E-state index contributed by atoms with van der Waals surface area (Å²) in [6.45, 7) is 2.25. The lowest BCUT2D eigenvalue weighted by Gasteiger charge is -2.18. The molecule has 0 bridgehead atoms. The van der Waals surface area contributed by atoms with E-state index in [2.05, 4.69) is 82.8 Å². The minimum Gasteiger partial charge on any atom is -0.307 e. The van der Waals surface area contributed by atoms with Crippen LogP contribution in [0.5, 0.6) is 0 Å². The van der Waals surface area contributed by atoms with E-state index in [1.54, 1.807) is 0 Å². The van der Waals surface area contributed by atoms with Crippen LogP contribution in [0.3, 0.4) is 0 Å². The summed E-state index contributed by atoms with van der Waals surface area (Å²) in [5, 5.41) is 3.81. The Kier molecular flexibility index (Phi) is 4.23. The highest BCUT2D eigenvalue weighted by Crippen LogP contribution is 2.42. The zero-order chi connectivity index (χ0) is 13.9.